The van der Waals surface area contributed by atoms with Crippen molar-refractivity contribution in [1.82, 2.24) is 14.7 Å². The van der Waals surface area contributed by atoms with E-state index in [2.05, 4.69) is 20.0 Å². The molecule has 0 fully saturated rings. The van der Waals surface area contributed by atoms with Gasteiger partial charge in [0, 0.05) is 17.3 Å². The van der Waals surface area contributed by atoms with Crippen LogP contribution in [0.2, 0.25) is 0 Å². The van der Waals surface area contributed by atoms with Crippen LogP contribution in [-0.4, -0.2) is 30.5 Å². The second kappa shape index (κ2) is 7.51. The van der Waals surface area contributed by atoms with E-state index in [0.29, 0.717) is 28.3 Å². The Balaban J connectivity index is 1.84. The molecule has 3 aromatic rings. The molecule has 0 aliphatic rings. The predicted octanol–water partition coefficient (Wildman–Crippen LogP) is 2.64. The average Bonchev–Trinajstić information content (AvgIpc) is 2.62. The van der Waals surface area contributed by atoms with E-state index >= 15 is 0 Å². The van der Waals surface area contributed by atoms with Crippen LogP contribution in [0.25, 0.3) is 11.3 Å². The number of benzene rings is 2. The van der Waals surface area contributed by atoms with Crippen molar-refractivity contribution in [3.8, 4) is 17.0 Å². The summed E-state index contributed by atoms with van der Waals surface area (Å²) in [6.45, 7) is 0. The predicted molar refractivity (Wildman–Crippen MR) is 101 cm³/mol. The van der Waals surface area contributed by atoms with Crippen LogP contribution in [0.1, 0.15) is 5.56 Å². The summed E-state index contributed by atoms with van der Waals surface area (Å²) in [7, 11) is -1.95. The molecule has 0 atom stereocenters. The molecule has 0 bridgehead atoms. The van der Waals surface area contributed by atoms with Crippen LogP contribution in [-0.2, 0) is 15.8 Å². The number of aromatic nitrogens is 2. The van der Waals surface area contributed by atoms with Gasteiger partial charge in [-0.1, -0.05) is 24.3 Å². The molecule has 0 radical (unpaired) electrons. The summed E-state index contributed by atoms with van der Waals surface area (Å²) in [4.78, 5) is 8.37. The van der Waals surface area contributed by atoms with E-state index in [1.54, 1.807) is 42.5 Å². The van der Waals surface area contributed by atoms with Gasteiger partial charge in [0.1, 0.15) is 17.9 Å². The van der Waals surface area contributed by atoms with Crippen molar-refractivity contribution in [1.29, 1.82) is 0 Å². The number of hydrogen-bond donors (Lipinski definition) is 3. The number of sulfonamides is 1. The van der Waals surface area contributed by atoms with Gasteiger partial charge in [0.15, 0.2) is 0 Å². The highest BCUT2D eigenvalue weighted by molar-refractivity contribution is 7.88. The van der Waals surface area contributed by atoms with Crippen LogP contribution >= 0.6 is 0 Å². The number of phenols is 1. The summed E-state index contributed by atoms with van der Waals surface area (Å²) in [5.74, 6) is 0.564. The third-order valence-electron chi connectivity index (χ3n) is 3.71. The monoisotopic (exact) mass is 370 g/mol. The second-order valence-electron chi connectivity index (χ2n) is 5.59. The molecule has 0 saturated carbocycles. The molecule has 2 aromatic carbocycles. The highest BCUT2D eigenvalue weighted by Crippen LogP contribution is 2.28. The summed E-state index contributed by atoms with van der Waals surface area (Å²) >= 11 is 0. The van der Waals surface area contributed by atoms with E-state index < -0.39 is 10.0 Å². The Labute approximate surface area is 151 Å². The normalized spacial score (nSPS) is 11.3. The number of aromatic hydroxyl groups is 1. The number of nitrogens with one attached hydrogen (secondary N) is 2. The summed E-state index contributed by atoms with van der Waals surface area (Å²) in [5, 5.41) is 13.1. The van der Waals surface area contributed by atoms with Gasteiger partial charge in [0.2, 0.25) is 10.0 Å². The molecule has 3 rings (SSSR count). The van der Waals surface area contributed by atoms with Crippen LogP contribution in [0, 0.1) is 0 Å². The molecule has 8 heteroatoms. The first kappa shape index (κ1) is 17.8. The smallest absolute Gasteiger partial charge is 0.215 e. The van der Waals surface area contributed by atoms with Crippen LogP contribution < -0.4 is 10.0 Å². The number of rotatable bonds is 6. The lowest BCUT2D eigenvalue weighted by molar-refractivity contribution is 0.477. The fraction of sp³-hybridized carbons (Fsp3) is 0.111. The zero-order valence-electron chi connectivity index (χ0n) is 14.0. The van der Waals surface area contributed by atoms with Gasteiger partial charge in [-0.05, 0) is 36.9 Å². The van der Waals surface area contributed by atoms with Gasteiger partial charge in [-0.25, -0.2) is 23.1 Å². The van der Waals surface area contributed by atoms with E-state index in [-0.39, 0.29) is 11.5 Å². The Bertz CT molecular complexity index is 1020. The highest BCUT2D eigenvalue weighted by atomic mass is 32.2. The number of para-hydroxylation sites is 1. The maximum Gasteiger partial charge on any atom is 0.215 e. The quantitative estimate of drug-likeness (QED) is 0.616. The van der Waals surface area contributed by atoms with E-state index in [1.807, 2.05) is 12.1 Å². The minimum absolute atomic E-state index is 0.105. The van der Waals surface area contributed by atoms with E-state index in [1.165, 1.54) is 13.4 Å². The zero-order chi connectivity index (χ0) is 18.6. The van der Waals surface area contributed by atoms with Gasteiger partial charge < -0.3 is 10.4 Å². The second-order valence-corrected chi connectivity index (χ2v) is 7.52. The molecule has 3 N–H and O–H groups in total. The molecule has 0 aliphatic heterocycles. The number of hydrogen-bond acceptors (Lipinski definition) is 6. The van der Waals surface area contributed by atoms with E-state index in [0.717, 1.165) is 0 Å². The zero-order valence-corrected chi connectivity index (χ0v) is 14.9. The Morgan fingerprint density at radius 2 is 1.85 bits per heavy atom. The maximum absolute atomic E-state index is 11.7. The maximum atomic E-state index is 11.7. The number of phenolic OH excluding ortho intramolecular Hbond substituents is 1. The van der Waals surface area contributed by atoms with Gasteiger partial charge in [-0.3, -0.25) is 0 Å². The summed E-state index contributed by atoms with van der Waals surface area (Å²) in [6, 6.07) is 15.7. The standard InChI is InChI=1S/C18H18N4O3S/c1-19-26(24,25)11-13-5-4-6-14(9-13)22-18-10-16(20-12-21-18)15-7-2-3-8-17(15)23/h2-10,12,19,23H,11H2,1H3,(H,20,21,22). The molecule has 0 amide bonds. The number of nitrogens with zero attached hydrogens (tertiary/aromatic N) is 2. The topological polar surface area (TPSA) is 104 Å². The molecule has 0 spiro atoms. The summed E-state index contributed by atoms with van der Waals surface area (Å²) < 4.78 is 25.7. The molecule has 1 aromatic heterocycles. The lowest BCUT2D eigenvalue weighted by Gasteiger charge is -2.09. The van der Waals surface area contributed by atoms with Crippen LogP contribution in [0.4, 0.5) is 11.5 Å². The van der Waals surface area contributed by atoms with Crippen molar-refractivity contribution in [3.05, 3.63) is 66.5 Å². The average molecular weight is 370 g/mol. The molecule has 0 saturated heterocycles. The van der Waals surface area contributed by atoms with Crippen LogP contribution in [0.5, 0.6) is 5.75 Å². The summed E-state index contributed by atoms with van der Waals surface area (Å²) in [6.07, 6.45) is 1.40. The molecule has 7 nitrogen and oxygen atoms in total. The van der Waals surface area contributed by atoms with Crippen molar-refractivity contribution in [2.45, 2.75) is 5.75 Å². The first-order valence-electron chi connectivity index (χ1n) is 7.84. The third-order valence-corrected chi connectivity index (χ3v) is 5.05. The molecular formula is C18H18N4O3S. The van der Waals surface area contributed by atoms with Gasteiger partial charge >= 0.3 is 0 Å². The molecule has 0 unspecified atom stereocenters. The molecular weight excluding hydrogens is 352 g/mol. The fourth-order valence-electron chi connectivity index (χ4n) is 2.44. The lowest BCUT2D eigenvalue weighted by Crippen LogP contribution is -2.20. The van der Waals surface area contributed by atoms with Crippen molar-refractivity contribution >= 4 is 21.5 Å². The minimum atomic E-state index is -3.34. The van der Waals surface area contributed by atoms with Gasteiger partial charge in [-0.15, -0.1) is 0 Å². The third kappa shape index (κ3) is 4.35. The lowest BCUT2D eigenvalue weighted by atomic mass is 10.1. The summed E-state index contributed by atoms with van der Waals surface area (Å²) in [5.41, 5.74) is 2.54. The van der Waals surface area contributed by atoms with Crippen molar-refractivity contribution in [2.24, 2.45) is 0 Å². The molecule has 134 valence electrons. The molecule has 0 aliphatic carbocycles. The highest BCUT2D eigenvalue weighted by Gasteiger charge is 2.10. The Kier molecular flexibility index (Phi) is 5.15. The van der Waals surface area contributed by atoms with Crippen molar-refractivity contribution in [2.75, 3.05) is 12.4 Å². The van der Waals surface area contributed by atoms with Crippen LogP contribution in [0.3, 0.4) is 0 Å². The SMILES string of the molecule is CNS(=O)(=O)Cc1cccc(Nc2cc(-c3ccccc3O)ncn2)c1. The largest absolute Gasteiger partial charge is 0.507 e. The Morgan fingerprint density at radius 3 is 2.62 bits per heavy atom. The fourth-order valence-corrected chi connectivity index (χ4v) is 3.20. The van der Waals surface area contributed by atoms with E-state index in [9.17, 15) is 13.5 Å². The minimum Gasteiger partial charge on any atom is -0.507 e. The van der Waals surface area contributed by atoms with Crippen molar-refractivity contribution in [3.63, 3.8) is 0 Å². The molecule has 26 heavy (non-hydrogen) atoms. The van der Waals surface area contributed by atoms with Gasteiger partial charge in [0.05, 0.1) is 11.4 Å². The van der Waals surface area contributed by atoms with Gasteiger partial charge in [0.25, 0.3) is 0 Å². The number of anilines is 2. The Morgan fingerprint density at radius 1 is 1.04 bits per heavy atom. The van der Waals surface area contributed by atoms with Gasteiger partial charge in [-0.2, -0.15) is 0 Å². The van der Waals surface area contributed by atoms with Crippen molar-refractivity contribution < 1.29 is 13.5 Å². The van der Waals surface area contributed by atoms with E-state index in [4.69, 9.17) is 0 Å². The first-order chi connectivity index (χ1) is 12.5. The Hall–Kier alpha value is -2.97. The molecule has 1 heterocycles. The first-order valence-corrected chi connectivity index (χ1v) is 9.50. The van der Waals surface area contributed by atoms with Crippen LogP contribution in [0.15, 0.2) is 60.9 Å².